The van der Waals surface area contributed by atoms with Crippen molar-refractivity contribution in [1.29, 1.82) is 0 Å². The van der Waals surface area contributed by atoms with Gasteiger partial charge in [0.2, 0.25) is 5.75 Å². The summed E-state index contributed by atoms with van der Waals surface area (Å²) in [5.41, 5.74) is 0. The molecular formula is C17H24ClNO3. The first-order valence-electron chi connectivity index (χ1n) is 7.37. The zero-order valence-corrected chi connectivity index (χ0v) is 14.1. The number of hydrogen-bond acceptors (Lipinski definition) is 4. The second kappa shape index (κ2) is 10.2. The third-order valence-corrected chi connectivity index (χ3v) is 3.55. The largest absolute Gasteiger partial charge is 0.493 e. The summed E-state index contributed by atoms with van der Waals surface area (Å²) in [5, 5.41) is 0. The van der Waals surface area contributed by atoms with Crippen molar-refractivity contribution in [1.82, 2.24) is 4.90 Å². The average Bonchev–Trinajstić information content (AvgIpc) is 2.55. The van der Waals surface area contributed by atoms with Crippen LogP contribution in [0.4, 0.5) is 0 Å². The van der Waals surface area contributed by atoms with Crippen LogP contribution in [0, 0.1) is 11.8 Å². The van der Waals surface area contributed by atoms with E-state index in [-0.39, 0.29) is 12.4 Å². The third kappa shape index (κ3) is 5.32. The van der Waals surface area contributed by atoms with E-state index < -0.39 is 0 Å². The molecule has 0 aliphatic carbocycles. The molecule has 122 valence electrons. The van der Waals surface area contributed by atoms with Gasteiger partial charge in [0.25, 0.3) is 0 Å². The van der Waals surface area contributed by atoms with Crippen LogP contribution < -0.4 is 14.2 Å². The van der Waals surface area contributed by atoms with E-state index in [1.165, 1.54) is 19.3 Å². The van der Waals surface area contributed by atoms with Crippen LogP contribution in [0.3, 0.4) is 0 Å². The Morgan fingerprint density at radius 3 is 2.23 bits per heavy atom. The molecule has 1 heterocycles. The standard InChI is InChI=1S/C17H23NO3.ClH/c1-19-15-9-8-10-16(20-2)17(15)21-14-7-6-13-18-11-4-3-5-12-18;/h8-10H,3-5,11-14H2,1-2H3;1H. The molecular weight excluding hydrogens is 302 g/mol. The lowest BCUT2D eigenvalue weighted by atomic mass is 10.1. The van der Waals surface area contributed by atoms with Crippen LogP contribution in [-0.4, -0.2) is 45.4 Å². The quantitative estimate of drug-likeness (QED) is 0.779. The lowest BCUT2D eigenvalue weighted by molar-refractivity contribution is 0.255. The average molecular weight is 326 g/mol. The van der Waals surface area contributed by atoms with E-state index in [1.807, 2.05) is 18.2 Å². The normalized spacial score (nSPS) is 14.3. The first-order chi connectivity index (χ1) is 10.3. The van der Waals surface area contributed by atoms with Crippen molar-refractivity contribution in [3.8, 4) is 29.1 Å². The highest BCUT2D eigenvalue weighted by Crippen LogP contribution is 2.36. The van der Waals surface area contributed by atoms with E-state index >= 15 is 0 Å². The molecule has 5 heteroatoms. The van der Waals surface area contributed by atoms with Crippen molar-refractivity contribution in [2.75, 3.05) is 40.5 Å². The summed E-state index contributed by atoms with van der Waals surface area (Å²) in [6.07, 6.45) is 3.92. The molecule has 0 aromatic heterocycles. The van der Waals surface area contributed by atoms with Crippen molar-refractivity contribution in [2.45, 2.75) is 19.3 Å². The SMILES string of the molecule is COc1cccc(OC)c1OCC#CCN1CCCCC1.Cl. The monoisotopic (exact) mass is 325 g/mol. The number of nitrogens with zero attached hydrogens (tertiary/aromatic N) is 1. The molecule has 0 atom stereocenters. The number of halogens is 1. The van der Waals surface area contributed by atoms with Crippen molar-refractivity contribution in [3.63, 3.8) is 0 Å². The van der Waals surface area contributed by atoms with Crippen LogP contribution in [0.2, 0.25) is 0 Å². The van der Waals surface area contributed by atoms with Gasteiger partial charge in [-0.05, 0) is 38.1 Å². The van der Waals surface area contributed by atoms with E-state index in [1.54, 1.807) is 14.2 Å². The van der Waals surface area contributed by atoms with Gasteiger partial charge in [0.1, 0.15) is 6.61 Å². The Labute approximate surface area is 139 Å². The van der Waals surface area contributed by atoms with Gasteiger partial charge in [-0.2, -0.15) is 0 Å². The Kier molecular flexibility index (Phi) is 8.57. The molecule has 0 N–H and O–H groups in total. The first kappa shape index (κ1) is 18.5. The molecule has 0 unspecified atom stereocenters. The van der Waals surface area contributed by atoms with E-state index in [0.717, 1.165) is 19.6 Å². The highest BCUT2D eigenvalue weighted by Gasteiger charge is 2.10. The molecule has 1 aliphatic heterocycles. The molecule has 0 spiro atoms. The number of likely N-dealkylation sites (tertiary alicyclic amines) is 1. The summed E-state index contributed by atoms with van der Waals surface area (Å²) in [4.78, 5) is 2.39. The summed E-state index contributed by atoms with van der Waals surface area (Å²) in [5.74, 6) is 8.15. The molecule has 1 saturated heterocycles. The number of hydrogen-bond donors (Lipinski definition) is 0. The number of benzene rings is 1. The topological polar surface area (TPSA) is 30.9 Å². The molecule has 4 nitrogen and oxygen atoms in total. The zero-order chi connectivity index (χ0) is 14.9. The lowest BCUT2D eigenvalue weighted by Crippen LogP contribution is -2.29. The van der Waals surface area contributed by atoms with Crippen molar-refractivity contribution < 1.29 is 14.2 Å². The van der Waals surface area contributed by atoms with Gasteiger partial charge in [-0.1, -0.05) is 24.3 Å². The van der Waals surface area contributed by atoms with Gasteiger partial charge in [0.05, 0.1) is 20.8 Å². The number of ether oxygens (including phenoxy) is 3. The summed E-state index contributed by atoms with van der Waals surface area (Å²) < 4.78 is 16.3. The van der Waals surface area contributed by atoms with Crippen molar-refractivity contribution in [2.24, 2.45) is 0 Å². The van der Waals surface area contributed by atoms with Crippen LogP contribution in [0.1, 0.15) is 19.3 Å². The minimum absolute atomic E-state index is 0. The van der Waals surface area contributed by atoms with E-state index in [4.69, 9.17) is 14.2 Å². The Morgan fingerprint density at radius 2 is 1.64 bits per heavy atom. The Bertz CT molecular complexity index is 482. The van der Waals surface area contributed by atoms with Gasteiger partial charge >= 0.3 is 0 Å². The van der Waals surface area contributed by atoms with Crippen LogP contribution in [0.5, 0.6) is 17.2 Å². The van der Waals surface area contributed by atoms with Crippen molar-refractivity contribution in [3.05, 3.63) is 18.2 Å². The van der Waals surface area contributed by atoms with Crippen molar-refractivity contribution >= 4 is 12.4 Å². The van der Waals surface area contributed by atoms with E-state index in [2.05, 4.69) is 16.7 Å². The van der Waals surface area contributed by atoms with Gasteiger partial charge in [0.15, 0.2) is 11.5 Å². The Balaban J connectivity index is 0.00000242. The van der Waals surface area contributed by atoms with Crippen LogP contribution in [0.15, 0.2) is 18.2 Å². The van der Waals surface area contributed by atoms with Gasteiger partial charge in [-0.3, -0.25) is 4.90 Å². The van der Waals surface area contributed by atoms with E-state index in [9.17, 15) is 0 Å². The highest BCUT2D eigenvalue weighted by molar-refractivity contribution is 5.85. The highest BCUT2D eigenvalue weighted by atomic mass is 35.5. The minimum Gasteiger partial charge on any atom is -0.493 e. The number of piperidine rings is 1. The maximum absolute atomic E-state index is 5.70. The molecule has 0 radical (unpaired) electrons. The second-order valence-corrected chi connectivity index (χ2v) is 4.97. The molecule has 1 aromatic rings. The van der Waals surface area contributed by atoms with Crippen LogP contribution in [0.25, 0.3) is 0 Å². The molecule has 2 rings (SSSR count). The Morgan fingerprint density at radius 1 is 1.00 bits per heavy atom. The lowest BCUT2D eigenvalue weighted by Gasteiger charge is -2.23. The number of rotatable bonds is 5. The van der Waals surface area contributed by atoms with Gasteiger partial charge in [-0.15, -0.1) is 12.4 Å². The fourth-order valence-corrected chi connectivity index (χ4v) is 2.40. The smallest absolute Gasteiger partial charge is 0.204 e. The molecule has 1 aromatic carbocycles. The minimum atomic E-state index is 0. The predicted molar refractivity (Wildman–Crippen MR) is 90.4 cm³/mol. The third-order valence-electron chi connectivity index (χ3n) is 3.55. The maximum Gasteiger partial charge on any atom is 0.204 e. The van der Waals surface area contributed by atoms with Gasteiger partial charge in [0, 0.05) is 0 Å². The summed E-state index contributed by atoms with van der Waals surface area (Å²) >= 11 is 0. The summed E-state index contributed by atoms with van der Waals surface area (Å²) in [7, 11) is 3.23. The molecule has 0 amide bonds. The van der Waals surface area contributed by atoms with E-state index in [0.29, 0.717) is 23.9 Å². The van der Waals surface area contributed by atoms with Gasteiger partial charge in [-0.25, -0.2) is 0 Å². The fourth-order valence-electron chi connectivity index (χ4n) is 2.40. The van der Waals surface area contributed by atoms with Crippen LogP contribution in [-0.2, 0) is 0 Å². The Hall–Kier alpha value is -1.57. The summed E-state index contributed by atoms with van der Waals surface area (Å²) in [6, 6.07) is 5.56. The number of para-hydroxylation sites is 1. The van der Waals surface area contributed by atoms with Gasteiger partial charge < -0.3 is 14.2 Å². The molecule has 0 saturated carbocycles. The predicted octanol–water partition coefficient (Wildman–Crippen LogP) is 2.99. The maximum atomic E-state index is 5.70. The molecule has 1 fully saturated rings. The molecule has 22 heavy (non-hydrogen) atoms. The molecule has 1 aliphatic rings. The summed E-state index contributed by atoms with van der Waals surface area (Å²) in [6.45, 7) is 3.49. The second-order valence-electron chi connectivity index (χ2n) is 4.97. The van der Waals surface area contributed by atoms with Crippen LogP contribution >= 0.6 is 12.4 Å². The zero-order valence-electron chi connectivity index (χ0n) is 13.3. The first-order valence-corrected chi connectivity index (χ1v) is 7.37. The molecule has 0 bridgehead atoms. The fraction of sp³-hybridized carbons (Fsp3) is 0.529. The number of methoxy groups -OCH3 is 2.